The van der Waals surface area contributed by atoms with Crippen LogP contribution in [0.5, 0.6) is 0 Å². The fourth-order valence-corrected chi connectivity index (χ4v) is 10.0. The number of ketones is 1. The summed E-state index contributed by atoms with van der Waals surface area (Å²) < 4.78 is 30.4. The minimum atomic E-state index is -2.44. The molecule has 2 bridgehead atoms. The molecule has 2 saturated carbocycles. The number of amides is 1. The second-order valence-electron chi connectivity index (χ2n) is 17.9. The van der Waals surface area contributed by atoms with E-state index in [4.69, 9.17) is 23.7 Å². The summed E-state index contributed by atoms with van der Waals surface area (Å²) in [4.78, 5) is 84.0. The average Bonchev–Trinajstić information content (AvgIpc) is 3.23. The molecule has 1 heterocycles. The van der Waals surface area contributed by atoms with Crippen molar-refractivity contribution in [3.63, 3.8) is 0 Å². The molecule has 1 saturated heterocycles. The van der Waals surface area contributed by atoms with E-state index in [2.05, 4.69) is 5.32 Å². The Labute approximate surface area is 365 Å². The summed E-state index contributed by atoms with van der Waals surface area (Å²) in [5, 5.41) is 50.5. The minimum Gasteiger partial charge on any atom is -0.456 e. The topological polar surface area (TPSA) is 242 Å². The van der Waals surface area contributed by atoms with Crippen LogP contribution in [0.3, 0.4) is 0 Å². The van der Waals surface area contributed by atoms with Gasteiger partial charge in [0.05, 0.1) is 48.2 Å². The molecule has 0 unspecified atom stereocenters. The van der Waals surface area contributed by atoms with Crippen molar-refractivity contribution in [1.29, 1.82) is 0 Å². The highest BCUT2D eigenvalue weighted by Gasteiger charge is 2.78. The van der Waals surface area contributed by atoms with Gasteiger partial charge >= 0.3 is 23.9 Å². The Morgan fingerprint density at radius 1 is 0.952 bits per heavy atom. The van der Waals surface area contributed by atoms with Gasteiger partial charge in [-0.1, -0.05) is 68.5 Å². The molecular formula is C47H57NO15. The third-order valence-corrected chi connectivity index (χ3v) is 13.7. The summed E-state index contributed by atoms with van der Waals surface area (Å²) in [6, 6.07) is 14.7. The Bertz CT molecular complexity index is 2190. The number of benzene rings is 2. The number of hydrogen-bond donors (Lipinski definition) is 5. The van der Waals surface area contributed by atoms with E-state index < -0.39 is 125 Å². The van der Waals surface area contributed by atoms with Crippen molar-refractivity contribution in [1.82, 2.24) is 5.32 Å². The Morgan fingerprint density at radius 2 is 1.57 bits per heavy atom. The highest BCUT2D eigenvalue weighted by molar-refractivity contribution is 5.96. The number of allylic oxidation sites excluding steroid dienone is 1. The number of nitrogens with one attached hydrogen (secondary N) is 1. The van der Waals surface area contributed by atoms with Crippen LogP contribution in [0.1, 0.15) is 96.6 Å². The van der Waals surface area contributed by atoms with Crippen LogP contribution in [-0.2, 0) is 47.7 Å². The van der Waals surface area contributed by atoms with E-state index in [1.165, 1.54) is 46.8 Å². The molecule has 1 aliphatic heterocycles. The van der Waals surface area contributed by atoms with E-state index in [0.717, 1.165) is 6.92 Å². The Balaban J connectivity index is 1.57. The van der Waals surface area contributed by atoms with Crippen molar-refractivity contribution in [3.05, 3.63) is 94.6 Å². The van der Waals surface area contributed by atoms with Crippen LogP contribution in [0.2, 0.25) is 0 Å². The lowest BCUT2D eigenvalue weighted by molar-refractivity contribution is -0.346. The molecule has 6 rings (SSSR count). The zero-order chi connectivity index (χ0) is 46.4. The molecule has 5 N–H and O–H groups in total. The summed E-state index contributed by atoms with van der Waals surface area (Å²) in [7, 11) is 0. The van der Waals surface area contributed by atoms with Gasteiger partial charge in [0.2, 0.25) is 5.91 Å². The summed E-state index contributed by atoms with van der Waals surface area (Å²) in [5.74, 6) is -7.13. The first-order valence-electron chi connectivity index (χ1n) is 21.0. The normalized spacial score (nSPS) is 32.4. The van der Waals surface area contributed by atoms with Gasteiger partial charge in [0.1, 0.15) is 23.9 Å². The molecule has 0 aromatic heterocycles. The van der Waals surface area contributed by atoms with Crippen molar-refractivity contribution in [2.45, 2.75) is 135 Å². The zero-order valence-corrected chi connectivity index (χ0v) is 36.7. The van der Waals surface area contributed by atoms with Gasteiger partial charge in [-0.25, -0.2) is 9.59 Å². The maximum absolute atomic E-state index is 15.7. The van der Waals surface area contributed by atoms with E-state index in [9.17, 15) is 44.4 Å². The number of ether oxygens (including phenoxy) is 5. The van der Waals surface area contributed by atoms with Crippen molar-refractivity contribution < 1.29 is 72.9 Å². The van der Waals surface area contributed by atoms with E-state index in [1.807, 2.05) is 0 Å². The smallest absolute Gasteiger partial charge is 0.338 e. The van der Waals surface area contributed by atoms with Gasteiger partial charge in [0, 0.05) is 30.8 Å². The fourth-order valence-electron chi connectivity index (χ4n) is 10.0. The lowest BCUT2D eigenvalue weighted by Crippen LogP contribution is -2.82. The van der Waals surface area contributed by atoms with Gasteiger partial charge in [0.25, 0.3) is 0 Å². The predicted molar refractivity (Wildman–Crippen MR) is 222 cm³/mol. The second-order valence-corrected chi connectivity index (χ2v) is 17.9. The van der Waals surface area contributed by atoms with Gasteiger partial charge in [0.15, 0.2) is 23.6 Å². The first-order chi connectivity index (χ1) is 29.5. The molecule has 0 spiro atoms. The Kier molecular flexibility index (Phi) is 13.3. The zero-order valence-electron chi connectivity index (χ0n) is 36.7. The molecule has 16 heteroatoms. The molecular weight excluding hydrogens is 819 g/mol. The standard InChI is InChI=1S/C47H57NO15/c1-9-24(2)41(55)48-35(28-16-12-10-13-17-28)36(53)43(57)60-30-22-47(58)40(62-42(56)29-18-14-11-15-19-29)38-45(8,31(51)21-32-46(38,23-59-32)63-27(5)50)39(54)37(61-33(52)20-25(3)49)34(26(30)4)44(47,6)7/h9-19,25,30-32,35-38,40,49,51,53,58H,20-23H2,1-8H3,(H,48,55)/b24-9+/t25-,30+,31+,32-,35-,36-,37-,38+,40+,45-,46+,47-/m1/s1. The third kappa shape index (κ3) is 8.23. The minimum absolute atomic E-state index is 0.0502. The molecule has 0 radical (unpaired) electrons. The van der Waals surface area contributed by atoms with Crippen molar-refractivity contribution in [2.75, 3.05) is 6.61 Å². The Hall–Kier alpha value is -5.26. The van der Waals surface area contributed by atoms with Crippen LogP contribution >= 0.6 is 0 Å². The largest absolute Gasteiger partial charge is 0.456 e. The highest BCUT2D eigenvalue weighted by Crippen LogP contribution is 2.64. The van der Waals surface area contributed by atoms with Crippen molar-refractivity contribution >= 4 is 35.6 Å². The molecule has 12 atom stereocenters. The van der Waals surface area contributed by atoms with Gasteiger partial charge < -0.3 is 49.4 Å². The predicted octanol–water partition coefficient (Wildman–Crippen LogP) is 3.14. The number of carbonyl (C=O) groups is 6. The van der Waals surface area contributed by atoms with Gasteiger partial charge in [-0.3, -0.25) is 19.2 Å². The number of aliphatic hydroxyl groups excluding tert-OH is 3. The first kappa shape index (κ1) is 47.2. The van der Waals surface area contributed by atoms with E-state index >= 15 is 4.79 Å². The maximum atomic E-state index is 15.7. The van der Waals surface area contributed by atoms with Crippen LogP contribution in [0.25, 0.3) is 0 Å². The third-order valence-electron chi connectivity index (χ3n) is 13.7. The number of fused-ring (bicyclic) bond motifs is 5. The monoisotopic (exact) mass is 875 g/mol. The van der Waals surface area contributed by atoms with E-state index in [1.54, 1.807) is 68.5 Å². The molecule has 16 nitrogen and oxygen atoms in total. The quantitative estimate of drug-likeness (QED) is 0.0891. The number of Topliss-reactive ketones (excluding diaryl/α,β-unsaturated/α-hetero) is 1. The Morgan fingerprint density at radius 3 is 2.13 bits per heavy atom. The lowest BCUT2D eigenvalue weighted by Gasteiger charge is -2.67. The SMILES string of the molecule is C/C=C(\C)C(=O)N[C@H](c1ccccc1)[C@@H](O)C(=O)O[C@H]1C[C@@]2(O)[C@@H](OC(=O)c3ccccc3)[C@@H]3[C@]4(OC(C)=O)CO[C@@H]4C[C@H](O)[C@@]3(C)C(=O)[C@H](OC(=O)C[C@@H](C)O)C(=C1C)C2(C)C. The first-order valence-corrected chi connectivity index (χ1v) is 21.0. The second kappa shape index (κ2) is 17.7. The number of esters is 4. The van der Waals surface area contributed by atoms with Crippen LogP contribution in [-0.4, -0.2) is 117 Å². The van der Waals surface area contributed by atoms with Gasteiger partial charge in [-0.2, -0.15) is 0 Å². The molecule has 2 aromatic carbocycles. The molecule has 4 aliphatic rings. The number of aliphatic hydroxyl groups is 4. The maximum Gasteiger partial charge on any atom is 0.338 e. The summed E-state index contributed by atoms with van der Waals surface area (Å²) in [5.41, 5.74) is -7.33. The molecule has 2 aromatic rings. The summed E-state index contributed by atoms with van der Waals surface area (Å²) >= 11 is 0. The molecule has 1 amide bonds. The van der Waals surface area contributed by atoms with Crippen LogP contribution in [0.4, 0.5) is 0 Å². The van der Waals surface area contributed by atoms with E-state index in [-0.39, 0.29) is 29.7 Å². The van der Waals surface area contributed by atoms with Gasteiger partial charge in [-0.15, -0.1) is 0 Å². The molecule has 3 fully saturated rings. The summed E-state index contributed by atoms with van der Waals surface area (Å²) in [6.45, 7) is 11.3. The van der Waals surface area contributed by atoms with Gasteiger partial charge in [-0.05, 0) is 63.5 Å². The van der Waals surface area contributed by atoms with Crippen molar-refractivity contribution in [2.24, 2.45) is 16.7 Å². The van der Waals surface area contributed by atoms with Crippen LogP contribution < -0.4 is 5.32 Å². The molecule has 340 valence electrons. The molecule has 3 aliphatic carbocycles. The van der Waals surface area contributed by atoms with Crippen LogP contribution in [0.15, 0.2) is 83.5 Å². The number of carbonyl (C=O) groups excluding carboxylic acids is 6. The summed E-state index contributed by atoms with van der Waals surface area (Å²) in [6.07, 6.45) is -11.1. The average molecular weight is 876 g/mol. The molecule has 63 heavy (non-hydrogen) atoms. The number of rotatable bonds is 12. The van der Waals surface area contributed by atoms with Crippen LogP contribution in [0, 0.1) is 16.7 Å². The lowest BCUT2D eigenvalue weighted by atomic mass is 9.44. The highest BCUT2D eigenvalue weighted by atomic mass is 16.6. The number of hydrogen-bond acceptors (Lipinski definition) is 15. The van der Waals surface area contributed by atoms with E-state index in [0.29, 0.717) is 11.1 Å². The van der Waals surface area contributed by atoms with Crippen molar-refractivity contribution in [3.8, 4) is 0 Å². The fraction of sp³-hybridized carbons (Fsp3) is 0.532.